The Morgan fingerprint density at radius 1 is 1.10 bits per heavy atom. The van der Waals surface area contributed by atoms with Gasteiger partial charge in [0, 0.05) is 36.0 Å². The van der Waals surface area contributed by atoms with Gasteiger partial charge in [-0.25, -0.2) is 0 Å². The third-order valence-electron chi connectivity index (χ3n) is 5.68. The third-order valence-corrected chi connectivity index (χ3v) is 5.97. The topological polar surface area (TPSA) is 108 Å². The molecule has 4 rings (SSSR count). The summed E-state index contributed by atoms with van der Waals surface area (Å²) in [6.07, 6.45) is 4.66. The predicted molar refractivity (Wildman–Crippen MR) is 155 cm³/mol. The molecule has 0 radical (unpaired) electrons. The lowest BCUT2D eigenvalue weighted by Crippen LogP contribution is -2.11. The van der Waals surface area contributed by atoms with Gasteiger partial charge in [0.25, 0.3) is 0 Å². The zero-order valence-electron chi connectivity index (χ0n) is 21.6. The number of benzene rings is 3. The van der Waals surface area contributed by atoms with Gasteiger partial charge in [-0.1, -0.05) is 48.0 Å². The van der Waals surface area contributed by atoms with E-state index in [1.54, 1.807) is 37.4 Å². The number of nitrogens with one attached hydrogen (secondary N) is 3. The van der Waals surface area contributed by atoms with Gasteiger partial charge in [0.2, 0.25) is 5.91 Å². The molecule has 1 amide bonds. The first kappa shape index (κ1) is 27.5. The number of nitrogens with zero attached hydrogens (tertiary/aromatic N) is 2. The zero-order valence-corrected chi connectivity index (χ0v) is 22.4. The fraction of sp³-hybridized carbons (Fsp3) is 0.167. The summed E-state index contributed by atoms with van der Waals surface area (Å²) in [7, 11) is 1.80. The van der Waals surface area contributed by atoms with Gasteiger partial charge < -0.3 is 25.4 Å². The van der Waals surface area contributed by atoms with Gasteiger partial charge in [0.05, 0.1) is 34.1 Å². The van der Waals surface area contributed by atoms with Crippen molar-refractivity contribution in [2.45, 2.75) is 13.5 Å². The lowest BCUT2D eigenvalue weighted by atomic mass is 10.1. The summed E-state index contributed by atoms with van der Waals surface area (Å²) in [5.74, 6) is 0.720. The van der Waals surface area contributed by atoms with Crippen LogP contribution in [0.4, 0.5) is 17.1 Å². The maximum absolute atomic E-state index is 12.5. The van der Waals surface area contributed by atoms with E-state index in [0.717, 1.165) is 5.56 Å². The summed E-state index contributed by atoms with van der Waals surface area (Å²) in [4.78, 5) is 16.9. The van der Waals surface area contributed by atoms with Gasteiger partial charge in [-0.15, -0.1) is 0 Å². The number of aromatic nitrogens is 1. The second-order valence-corrected chi connectivity index (χ2v) is 8.86. The molecule has 0 unspecified atom stereocenters. The molecule has 0 spiro atoms. The van der Waals surface area contributed by atoms with E-state index in [9.17, 15) is 10.1 Å². The zero-order chi connectivity index (χ0) is 27.6. The van der Waals surface area contributed by atoms with Crippen LogP contribution in [0.1, 0.15) is 18.1 Å². The van der Waals surface area contributed by atoms with Crippen molar-refractivity contribution >= 4 is 45.5 Å². The number of hydrogen-bond donors (Lipinski definition) is 3. The average molecular weight is 542 g/mol. The van der Waals surface area contributed by atoms with E-state index in [4.69, 9.17) is 21.1 Å². The molecule has 4 aromatic rings. The van der Waals surface area contributed by atoms with Gasteiger partial charge in [0.15, 0.2) is 0 Å². The number of nitriles is 1. The van der Waals surface area contributed by atoms with Crippen molar-refractivity contribution in [2.75, 3.05) is 30.8 Å². The molecule has 0 aliphatic heterocycles. The molecule has 9 heteroatoms. The minimum absolute atomic E-state index is 0.303. The molecule has 0 saturated carbocycles. The summed E-state index contributed by atoms with van der Waals surface area (Å²) in [5.41, 5.74) is 3.61. The first-order valence-corrected chi connectivity index (χ1v) is 12.7. The Kier molecular flexibility index (Phi) is 9.35. The summed E-state index contributed by atoms with van der Waals surface area (Å²) < 4.78 is 11.6. The van der Waals surface area contributed by atoms with Crippen LogP contribution in [0.2, 0.25) is 5.02 Å². The average Bonchev–Trinajstić information content (AvgIpc) is 2.94. The molecule has 0 aliphatic rings. The Labute approximate surface area is 232 Å². The number of hydrogen-bond acceptors (Lipinski definition) is 7. The van der Waals surface area contributed by atoms with E-state index in [2.05, 4.69) is 27.0 Å². The van der Waals surface area contributed by atoms with Crippen molar-refractivity contribution in [2.24, 2.45) is 0 Å². The highest BCUT2D eigenvalue weighted by molar-refractivity contribution is 6.32. The molecule has 1 aromatic heterocycles. The van der Waals surface area contributed by atoms with Crippen LogP contribution in [0.3, 0.4) is 0 Å². The molecule has 0 saturated heterocycles. The van der Waals surface area contributed by atoms with Gasteiger partial charge >= 0.3 is 0 Å². The maximum atomic E-state index is 12.5. The first-order chi connectivity index (χ1) is 19.0. The SMILES string of the molecule is CCOc1cc2ncc(C#N)c(Nc3ccc(OCc4ccccc4)c(Cl)c3)c2cc1NC(=O)C=CCNC. The Bertz CT molecular complexity index is 1530. The van der Waals surface area contributed by atoms with Crippen molar-refractivity contribution in [1.29, 1.82) is 5.26 Å². The number of carbonyl (C=O) groups excluding carboxylic acids is 1. The molecule has 0 atom stereocenters. The monoisotopic (exact) mass is 541 g/mol. The molecule has 0 aliphatic carbocycles. The van der Waals surface area contributed by atoms with Gasteiger partial charge in [0.1, 0.15) is 24.2 Å². The molecule has 0 fully saturated rings. The lowest BCUT2D eigenvalue weighted by molar-refractivity contribution is -0.111. The number of carbonyl (C=O) groups is 1. The number of fused-ring (bicyclic) bond motifs is 1. The first-order valence-electron chi connectivity index (χ1n) is 12.4. The van der Waals surface area contributed by atoms with Crippen LogP contribution in [0, 0.1) is 11.3 Å². The highest BCUT2D eigenvalue weighted by Crippen LogP contribution is 2.37. The van der Waals surface area contributed by atoms with Crippen molar-refractivity contribution in [3.05, 3.63) is 95.2 Å². The summed E-state index contributed by atoms with van der Waals surface area (Å²) in [6, 6.07) is 20.8. The number of anilines is 3. The van der Waals surface area contributed by atoms with E-state index in [1.165, 1.54) is 12.3 Å². The summed E-state index contributed by atoms with van der Waals surface area (Å²) >= 11 is 6.53. The Hall–Kier alpha value is -4.58. The maximum Gasteiger partial charge on any atom is 0.248 e. The Morgan fingerprint density at radius 2 is 1.92 bits per heavy atom. The number of ether oxygens (including phenoxy) is 2. The second-order valence-electron chi connectivity index (χ2n) is 8.45. The van der Waals surface area contributed by atoms with E-state index in [0.29, 0.717) is 69.8 Å². The predicted octanol–water partition coefficient (Wildman–Crippen LogP) is 6.20. The lowest BCUT2D eigenvalue weighted by Gasteiger charge is -2.16. The molecule has 0 bridgehead atoms. The molecular formula is C30H28ClN5O3. The van der Waals surface area contributed by atoms with Gasteiger partial charge in [-0.05, 0) is 43.8 Å². The van der Waals surface area contributed by atoms with Crippen LogP contribution >= 0.6 is 11.6 Å². The van der Waals surface area contributed by atoms with Crippen molar-refractivity contribution in [3.8, 4) is 17.6 Å². The fourth-order valence-electron chi connectivity index (χ4n) is 3.85. The molecular weight excluding hydrogens is 514 g/mol. The highest BCUT2D eigenvalue weighted by Gasteiger charge is 2.16. The van der Waals surface area contributed by atoms with Crippen LogP contribution in [0.15, 0.2) is 79.0 Å². The largest absolute Gasteiger partial charge is 0.492 e. The molecule has 3 N–H and O–H groups in total. The van der Waals surface area contributed by atoms with Gasteiger partial charge in [-0.3, -0.25) is 9.78 Å². The normalized spacial score (nSPS) is 10.8. The molecule has 198 valence electrons. The van der Waals surface area contributed by atoms with E-state index >= 15 is 0 Å². The van der Waals surface area contributed by atoms with Crippen molar-refractivity contribution < 1.29 is 14.3 Å². The van der Waals surface area contributed by atoms with E-state index in [-0.39, 0.29) is 5.91 Å². The van der Waals surface area contributed by atoms with Crippen LogP contribution in [0.5, 0.6) is 11.5 Å². The third kappa shape index (κ3) is 7.05. The van der Waals surface area contributed by atoms with Crippen molar-refractivity contribution in [1.82, 2.24) is 10.3 Å². The van der Waals surface area contributed by atoms with Gasteiger partial charge in [-0.2, -0.15) is 5.26 Å². The number of likely N-dealkylation sites (N-methyl/N-ethyl adjacent to an activating group) is 1. The number of pyridine rings is 1. The quantitative estimate of drug-likeness (QED) is 0.194. The number of rotatable bonds is 11. The summed E-state index contributed by atoms with van der Waals surface area (Å²) in [6.45, 7) is 3.22. The Morgan fingerprint density at radius 3 is 2.64 bits per heavy atom. The summed E-state index contributed by atoms with van der Waals surface area (Å²) in [5, 5.41) is 20.0. The fourth-order valence-corrected chi connectivity index (χ4v) is 4.08. The van der Waals surface area contributed by atoms with E-state index in [1.807, 2.05) is 43.3 Å². The second kappa shape index (κ2) is 13.3. The van der Waals surface area contributed by atoms with Crippen LogP contribution < -0.4 is 25.4 Å². The van der Waals surface area contributed by atoms with Crippen LogP contribution in [-0.4, -0.2) is 31.1 Å². The minimum atomic E-state index is -0.303. The number of halogens is 1. The molecule has 3 aromatic carbocycles. The smallest absolute Gasteiger partial charge is 0.248 e. The molecule has 8 nitrogen and oxygen atoms in total. The number of amides is 1. The molecule has 39 heavy (non-hydrogen) atoms. The Balaban J connectivity index is 1.65. The highest BCUT2D eigenvalue weighted by atomic mass is 35.5. The standard InChI is InChI=1S/C30H28ClN5O3/c1-3-38-28-16-25-23(15-26(28)36-29(37)10-7-13-33-2)30(21(17-32)18-34-25)35-22-11-12-27(24(31)14-22)39-19-20-8-5-4-6-9-20/h4-12,14-16,18,33H,3,13,19H2,1-2H3,(H,34,35)(H,36,37). The van der Waals surface area contributed by atoms with Crippen LogP contribution in [-0.2, 0) is 11.4 Å². The van der Waals surface area contributed by atoms with E-state index < -0.39 is 0 Å². The minimum Gasteiger partial charge on any atom is -0.492 e. The van der Waals surface area contributed by atoms with Crippen molar-refractivity contribution in [3.63, 3.8) is 0 Å². The molecule has 1 heterocycles. The van der Waals surface area contributed by atoms with Crippen LogP contribution in [0.25, 0.3) is 10.9 Å².